The fourth-order valence-electron chi connectivity index (χ4n) is 4.19. The van der Waals surface area contributed by atoms with Crippen molar-refractivity contribution < 1.29 is 33.5 Å². The highest BCUT2D eigenvalue weighted by atomic mass is 32.5. The first-order valence-corrected chi connectivity index (χ1v) is 12.3. The van der Waals surface area contributed by atoms with Crippen molar-refractivity contribution >= 4 is 28.4 Å². The van der Waals surface area contributed by atoms with Crippen molar-refractivity contribution in [2.24, 2.45) is 15.7 Å². The number of benzene rings is 1. The summed E-state index contributed by atoms with van der Waals surface area (Å²) in [5.74, 6) is -0.306. The molecule has 2 unspecified atom stereocenters. The first-order valence-electron chi connectivity index (χ1n) is 10.4. The lowest BCUT2D eigenvalue weighted by Gasteiger charge is -2.40. The van der Waals surface area contributed by atoms with Gasteiger partial charge in [-0.2, -0.15) is 4.98 Å². The van der Waals surface area contributed by atoms with Crippen molar-refractivity contribution in [2.75, 3.05) is 13.7 Å². The second-order valence-corrected chi connectivity index (χ2v) is 10.9. The third-order valence-corrected chi connectivity index (χ3v) is 7.18. The number of aliphatic imine (C=N–C) groups is 2. The van der Waals surface area contributed by atoms with Crippen LogP contribution in [0.5, 0.6) is 0 Å². The van der Waals surface area contributed by atoms with Crippen LogP contribution in [0.3, 0.4) is 0 Å². The van der Waals surface area contributed by atoms with Crippen LogP contribution in [0, 0.1) is 0 Å². The summed E-state index contributed by atoms with van der Waals surface area (Å²) in [6.45, 7) is 0.0378. The maximum atomic E-state index is 12.9. The molecule has 4 heterocycles. The van der Waals surface area contributed by atoms with Crippen LogP contribution in [0.25, 0.3) is 0 Å². The predicted octanol–water partition coefficient (Wildman–Crippen LogP) is 3.30. The molecule has 1 fully saturated rings. The monoisotopic (exact) mass is 521 g/mol. The Hall–Kier alpha value is -3.27. The maximum Gasteiger partial charge on any atom is 0.310 e. The number of halogens is 5. The molecule has 1 aromatic heterocycles. The maximum absolute atomic E-state index is 12.9. The van der Waals surface area contributed by atoms with E-state index < -0.39 is 33.4 Å². The zero-order chi connectivity index (χ0) is 25.2. The van der Waals surface area contributed by atoms with Crippen molar-refractivity contribution in [1.82, 2.24) is 19.9 Å². The molecular formula is C19H20F5N7O3S. The molecule has 0 spiro atoms. The van der Waals surface area contributed by atoms with Crippen LogP contribution in [-0.2, 0) is 16.1 Å². The summed E-state index contributed by atoms with van der Waals surface area (Å²) >= 11 is 0. The lowest BCUT2D eigenvalue weighted by atomic mass is 10.0. The van der Waals surface area contributed by atoms with E-state index in [-0.39, 0.29) is 42.7 Å². The molecule has 16 heteroatoms. The molecule has 5 rings (SSSR count). The van der Waals surface area contributed by atoms with Gasteiger partial charge in [0, 0.05) is 13.0 Å². The summed E-state index contributed by atoms with van der Waals surface area (Å²) in [5, 5.41) is 3.92. The smallest absolute Gasteiger partial charge is 0.310 e. The predicted molar refractivity (Wildman–Crippen MR) is 114 cm³/mol. The second kappa shape index (κ2) is 7.13. The molecule has 4 atom stereocenters. The Morgan fingerprint density at radius 3 is 2.57 bits per heavy atom. The molecule has 0 bridgehead atoms. The van der Waals surface area contributed by atoms with Crippen molar-refractivity contribution in [3.05, 3.63) is 41.5 Å². The third-order valence-electron chi connectivity index (χ3n) is 6.02. The number of aromatic nitrogens is 2. The highest BCUT2D eigenvalue weighted by Crippen LogP contribution is 3.02. The average molecular weight is 521 g/mol. The highest BCUT2D eigenvalue weighted by molar-refractivity contribution is 8.45. The van der Waals surface area contributed by atoms with E-state index in [1.165, 1.54) is 11.2 Å². The minimum Gasteiger partial charge on any atom is -0.373 e. The molecule has 1 saturated heterocycles. The van der Waals surface area contributed by atoms with Crippen molar-refractivity contribution in [3.63, 3.8) is 0 Å². The Balaban J connectivity index is 1.25. The van der Waals surface area contributed by atoms with E-state index in [2.05, 4.69) is 20.1 Å². The van der Waals surface area contributed by atoms with Gasteiger partial charge < -0.3 is 19.9 Å². The van der Waals surface area contributed by atoms with E-state index in [1.54, 1.807) is 11.9 Å². The topological polar surface area (TPSA) is 122 Å². The van der Waals surface area contributed by atoms with Gasteiger partial charge in [0.05, 0.1) is 19.0 Å². The molecule has 10 nitrogen and oxygen atoms in total. The molecule has 1 amide bonds. The number of carbonyl (C=O) groups is 1. The molecular weight excluding hydrogens is 501 g/mol. The lowest BCUT2D eigenvalue weighted by molar-refractivity contribution is -0.133. The molecule has 0 saturated carbocycles. The largest absolute Gasteiger partial charge is 0.373 e. The van der Waals surface area contributed by atoms with E-state index >= 15 is 0 Å². The lowest BCUT2D eigenvalue weighted by Crippen LogP contribution is -2.56. The van der Waals surface area contributed by atoms with Gasteiger partial charge in [0.15, 0.2) is 18.0 Å². The van der Waals surface area contributed by atoms with E-state index in [1.807, 2.05) is 0 Å². The van der Waals surface area contributed by atoms with Gasteiger partial charge >= 0.3 is 10.2 Å². The summed E-state index contributed by atoms with van der Waals surface area (Å²) in [6.07, 6.45) is 0.578. The van der Waals surface area contributed by atoms with Crippen LogP contribution in [0.4, 0.5) is 19.4 Å². The number of nitrogens with two attached hydrogens (primary N) is 1. The second-order valence-electron chi connectivity index (χ2n) is 8.54. The van der Waals surface area contributed by atoms with Gasteiger partial charge in [-0.05, 0) is 24.1 Å². The van der Waals surface area contributed by atoms with Crippen LogP contribution < -0.4 is 5.73 Å². The molecule has 2 N–H and O–H groups in total. The van der Waals surface area contributed by atoms with E-state index in [0.29, 0.717) is 24.1 Å². The van der Waals surface area contributed by atoms with Crippen molar-refractivity contribution in [3.8, 4) is 0 Å². The molecule has 0 aliphatic carbocycles. The number of carbonyl (C=O) groups excluding carboxylic acids is 1. The number of hydrogen-bond acceptors (Lipinski definition) is 9. The molecule has 190 valence electrons. The summed E-state index contributed by atoms with van der Waals surface area (Å²) in [7, 11) is -8.04. The number of amides is 1. The zero-order valence-electron chi connectivity index (χ0n) is 18.1. The molecule has 0 radical (unpaired) electrons. The number of hydrogen-bond donors (Lipinski definition) is 1. The number of ether oxygens (including phenoxy) is 1. The quantitative estimate of drug-likeness (QED) is 0.599. The third kappa shape index (κ3) is 4.42. The Bertz CT molecular complexity index is 1230. The zero-order valence-corrected chi connectivity index (χ0v) is 18.9. The number of likely N-dealkylation sites (N-methyl/N-ethyl adjacent to an activating group) is 1. The molecule has 3 aliphatic rings. The van der Waals surface area contributed by atoms with Gasteiger partial charge in [0.25, 0.3) is 5.91 Å². The van der Waals surface area contributed by atoms with Crippen molar-refractivity contribution in [1.29, 1.82) is 0 Å². The summed E-state index contributed by atoms with van der Waals surface area (Å²) in [5.41, 5.74) is 6.24. The van der Waals surface area contributed by atoms with Gasteiger partial charge in [0.2, 0.25) is 11.9 Å². The van der Waals surface area contributed by atoms with Gasteiger partial charge in [-0.15, -0.1) is 0 Å². The Kier molecular flexibility index (Phi) is 4.78. The molecule has 3 aliphatic heterocycles. The van der Waals surface area contributed by atoms with Crippen LogP contribution in [-0.4, -0.2) is 64.0 Å². The van der Waals surface area contributed by atoms with E-state index in [0.717, 1.165) is 12.1 Å². The van der Waals surface area contributed by atoms with E-state index in [9.17, 15) is 24.2 Å². The Morgan fingerprint density at radius 2 is 1.89 bits per heavy atom. The number of fused-ring (bicyclic) bond motifs is 1. The number of nitrogens with zero attached hydrogens (tertiary/aromatic N) is 6. The van der Waals surface area contributed by atoms with Gasteiger partial charge in [0.1, 0.15) is 11.4 Å². The minimum atomic E-state index is -9.74. The number of guanidine groups is 1. The first-order chi connectivity index (χ1) is 16.2. The molecule has 2 aromatic rings. The van der Waals surface area contributed by atoms with Crippen LogP contribution in [0.15, 0.2) is 43.7 Å². The Morgan fingerprint density at radius 1 is 1.17 bits per heavy atom. The summed E-state index contributed by atoms with van der Waals surface area (Å²) < 4.78 is 75.6. The number of rotatable bonds is 5. The van der Waals surface area contributed by atoms with Crippen LogP contribution in [0.2, 0.25) is 0 Å². The van der Waals surface area contributed by atoms with Gasteiger partial charge in [-0.25, -0.2) is 9.98 Å². The minimum absolute atomic E-state index is 0.0252. The Labute approximate surface area is 195 Å². The van der Waals surface area contributed by atoms with E-state index in [4.69, 9.17) is 15.0 Å². The molecule has 35 heavy (non-hydrogen) atoms. The summed E-state index contributed by atoms with van der Waals surface area (Å²) in [6, 6.07) is 2.06. The van der Waals surface area contributed by atoms with Crippen LogP contribution in [0.1, 0.15) is 35.7 Å². The average Bonchev–Trinajstić information content (AvgIpc) is 3.49. The molecule has 1 aromatic carbocycles. The van der Waals surface area contributed by atoms with Crippen molar-refractivity contribution in [2.45, 2.75) is 42.1 Å². The van der Waals surface area contributed by atoms with Gasteiger partial charge in [-0.3, -0.25) is 9.69 Å². The summed E-state index contributed by atoms with van der Waals surface area (Å²) in [4.78, 5) is 26.4. The fraction of sp³-hybridized carbons (Fsp3) is 0.421. The normalized spacial score (nSPS) is 28.6. The van der Waals surface area contributed by atoms with Gasteiger partial charge in [-0.1, -0.05) is 36.7 Å². The van der Waals surface area contributed by atoms with Crippen LogP contribution >= 0.6 is 10.2 Å². The SMILES string of the molecule is CN1C=NC2N=C(N)N(Cc3nc([C@@H]4CO[C@@H](c5ccc(S(F)(F)(F)(F)F)cc5)C4)no3)C(=O)C21. The fourth-order valence-corrected chi connectivity index (χ4v) is 4.84. The standard InChI is InChI=1S/C19H20F5N7O3S/c1-30-9-26-17-15(30)18(32)31(19(25)28-17)7-14-27-16(29-34-14)11-6-13(33-8-11)10-2-4-12(5-3-10)35(20,21,22,23)24/h2-5,9,11,13,15,17H,6-8H2,1H3,(H2,25,28)/t11-,13+,15?,17?/m0/s1. The first kappa shape index (κ1) is 23.5. The highest BCUT2D eigenvalue weighted by Gasteiger charge is 2.65.